The minimum atomic E-state index is -0.394. The molecule has 0 atom stereocenters. The smallest absolute Gasteiger partial charge is 0.407 e. The van der Waals surface area contributed by atoms with Gasteiger partial charge in [0, 0.05) is 11.4 Å². The van der Waals surface area contributed by atoms with Crippen molar-refractivity contribution in [3.05, 3.63) is 71.8 Å². The highest BCUT2D eigenvalue weighted by Crippen LogP contribution is 2.10. The number of amides is 1. The standard InChI is InChI=1S/C18H19NO2S/c20-18(21-14-16-8-2-1-3-9-16)19-12-5-4-7-15-10-6-11-17(22)13-15/h1-4,6-11,13,22H,5,12,14H2,(H,19,20). The van der Waals surface area contributed by atoms with Crippen LogP contribution >= 0.6 is 12.6 Å². The van der Waals surface area contributed by atoms with Gasteiger partial charge in [0.1, 0.15) is 6.61 Å². The van der Waals surface area contributed by atoms with Crippen molar-refractivity contribution in [2.75, 3.05) is 6.54 Å². The first kappa shape index (κ1) is 16.2. The first-order chi connectivity index (χ1) is 10.7. The highest BCUT2D eigenvalue weighted by Gasteiger charge is 2.00. The molecule has 2 rings (SSSR count). The number of hydrogen-bond acceptors (Lipinski definition) is 3. The lowest BCUT2D eigenvalue weighted by Gasteiger charge is -2.05. The van der Waals surface area contributed by atoms with E-state index >= 15 is 0 Å². The Labute approximate surface area is 136 Å². The van der Waals surface area contributed by atoms with Gasteiger partial charge in [0.15, 0.2) is 0 Å². The Morgan fingerprint density at radius 3 is 2.73 bits per heavy atom. The average molecular weight is 313 g/mol. The quantitative estimate of drug-likeness (QED) is 0.616. The maximum absolute atomic E-state index is 11.5. The predicted octanol–water partition coefficient (Wildman–Crippen LogP) is 4.31. The van der Waals surface area contributed by atoms with Gasteiger partial charge < -0.3 is 10.1 Å². The van der Waals surface area contributed by atoms with Crippen LogP contribution in [0.1, 0.15) is 17.5 Å². The van der Waals surface area contributed by atoms with E-state index in [1.54, 1.807) is 0 Å². The van der Waals surface area contributed by atoms with E-state index in [0.717, 1.165) is 22.4 Å². The van der Waals surface area contributed by atoms with Crippen molar-refractivity contribution in [2.24, 2.45) is 0 Å². The van der Waals surface area contributed by atoms with Gasteiger partial charge in [-0.2, -0.15) is 0 Å². The van der Waals surface area contributed by atoms with Crippen LogP contribution in [0.15, 0.2) is 65.6 Å². The molecule has 0 saturated heterocycles. The molecule has 0 unspecified atom stereocenters. The molecule has 2 aromatic carbocycles. The maximum atomic E-state index is 11.5. The molecule has 114 valence electrons. The first-order valence-electron chi connectivity index (χ1n) is 7.14. The highest BCUT2D eigenvalue weighted by molar-refractivity contribution is 7.80. The molecule has 0 aliphatic heterocycles. The zero-order chi connectivity index (χ0) is 15.6. The monoisotopic (exact) mass is 313 g/mol. The van der Waals surface area contributed by atoms with Crippen molar-refractivity contribution in [1.29, 1.82) is 0 Å². The number of alkyl carbamates (subject to hydrolysis) is 1. The Balaban J connectivity index is 1.63. The summed E-state index contributed by atoms with van der Waals surface area (Å²) in [5.74, 6) is 0. The number of nitrogens with one attached hydrogen (secondary N) is 1. The van der Waals surface area contributed by atoms with E-state index in [9.17, 15) is 4.79 Å². The summed E-state index contributed by atoms with van der Waals surface area (Å²) >= 11 is 4.29. The van der Waals surface area contributed by atoms with E-state index in [1.807, 2.05) is 66.7 Å². The number of hydrogen-bond donors (Lipinski definition) is 2. The largest absolute Gasteiger partial charge is 0.445 e. The number of thiol groups is 1. The molecule has 2 aromatic rings. The third-order valence-electron chi connectivity index (χ3n) is 2.97. The van der Waals surface area contributed by atoms with E-state index in [1.165, 1.54) is 0 Å². The van der Waals surface area contributed by atoms with Gasteiger partial charge in [0.2, 0.25) is 0 Å². The summed E-state index contributed by atoms with van der Waals surface area (Å²) in [4.78, 5) is 12.5. The van der Waals surface area contributed by atoms with Crippen molar-refractivity contribution in [1.82, 2.24) is 5.32 Å². The van der Waals surface area contributed by atoms with E-state index in [0.29, 0.717) is 6.54 Å². The van der Waals surface area contributed by atoms with Crippen LogP contribution < -0.4 is 5.32 Å². The molecular weight excluding hydrogens is 294 g/mol. The van der Waals surface area contributed by atoms with Crippen LogP contribution in [0.5, 0.6) is 0 Å². The third kappa shape index (κ3) is 6.06. The van der Waals surface area contributed by atoms with Crippen LogP contribution in [0, 0.1) is 0 Å². The summed E-state index contributed by atoms with van der Waals surface area (Å²) in [6.07, 6.45) is 4.38. The van der Waals surface area contributed by atoms with Gasteiger partial charge in [0.05, 0.1) is 0 Å². The number of rotatable bonds is 6. The van der Waals surface area contributed by atoms with Crippen molar-refractivity contribution >= 4 is 24.8 Å². The fourth-order valence-electron chi connectivity index (χ4n) is 1.88. The van der Waals surface area contributed by atoms with Crippen LogP contribution in [0.2, 0.25) is 0 Å². The lowest BCUT2D eigenvalue weighted by atomic mass is 10.2. The normalized spacial score (nSPS) is 10.6. The van der Waals surface area contributed by atoms with E-state index in [-0.39, 0.29) is 6.61 Å². The summed E-state index contributed by atoms with van der Waals surface area (Å²) in [6.45, 7) is 0.835. The van der Waals surface area contributed by atoms with Crippen molar-refractivity contribution in [3.63, 3.8) is 0 Å². The van der Waals surface area contributed by atoms with Crippen LogP contribution in [-0.2, 0) is 11.3 Å². The summed E-state index contributed by atoms with van der Waals surface area (Å²) in [5, 5.41) is 2.72. The second kappa shape index (κ2) is 8.95. The van der Waals surface area contributed by atoms with Crippen LogP contribution in [0.3, 0.4) is 0 Å². The number of carbonyl (C=O) groups excluding carboxylic acids is 1. The fraction of sp³-hybridized carbons (Fsp3) is 0.167. The average Bonchev–Trinajstić information content (AvgIpc) is 2.54. The van der Waals surface area contributed by atoms with Crippen LogP contribution in [0.4, 0.5) is 4.79 Å². The minimum Gasteiger partial charge on any atom is -0.445 e. The second-order valence-electron chi connectivity index (χ2n) is 4.77. The highest BCUT2D eigenvalue weighted by atomic mass is 32.1. The van der Waals surface area contributed by atoms with Gasteiger partial charge >= 0.3 is 6.09 Å². The lowest BCUT2D eigenvalue weighted by molar-refractivity contribution is 0.140. The van der Waals surface area contributed by atoms with E-state index < -0.39 is 6.09 Å². The predicted molar refractivity (Wildman–Crippen MR) is 92.0 cm³/mol. The molecule has 0 fully saturated rings. The molecule has 0 saturated carbocycles. The molecule has 0 spiro atoms. The maximum Gasteiger partial charge on any atom is 0.407 e. The SMILES string of the molecule is O=C(NCCC=Cc1cccc(S)c1)OCc1ccccc1. The summed E-state index contributed by atoms with van der Waals surface area (Å²) < 4.78 is 5.12. The molecule has 0 heterocycles. The molecule has 1 N–H and O–H groups in total. The zero-order valence-corrected chi connectivity index (χ0v) is 13.1. The molecule has 1 amide bonds. The van der Waals surface area contributed by atoms with Crippen molar-refractivity contribution in [2.45, 2.75) is 17.9 Å². The molecule has 0 radical (unpaired) electrons. The lowest BCUT2D eigenvalue weighted by Crippen LogP contribution is -2.24. The molecule has 0 aliphatic carbocycles. The molecular formula is C18H19NO2S. The van der Waals surface area contributed by atoms with Gasteiger partial charge in [-0.1, -0.05) is 54.6 Å². The summed E-state index contributed by atoms with van der Waals surface area (Å²) in [7, 11) is 0. The van der Waals surface area contributed by atoms with Gasteiger partial charge in [-0.25, -0.2) is 4.79 Å². The number of ether oxygens (including phenoxy) is 1. The molecule has 0 aliphatic rings. The fourth-order valence-corrected chi connectivity index (χ4v) is 2.11. The Hall–Kier alpha value is -2.20. The van der Waals surface area contributed by atoms with Crippen LogP contribution in [-0.4, -0.2) is 12.6 Å². The Morgan fingerprint density at radius 2 is 1.95 bits per heavy atom. The van der Waals surface area contributed by atoms with Gasteiger partial charge in [-0.15, -0.1) is 12.6 Å². The van der Waals surface area contributed by atoms with Gasteiger partial charge in [-0.05, 0) is 29.7 Å². The van der Waals surface area contributed by atoms with Gasteiger partial charge in [0.25, 0.3) is 0 Å². The molecule has 22 heavy (non-hydrogen) atoms. The summed E-state index contributed by atoms with van der Waals surface area (Å²) in [5.41, 5.74) is 2.07. The number of carbonyl (C=O) groups is 1. The number of benzene rings is 2. The van der Waals surface area contributed by atoms with E-state index in [2.05, 4.69) is 17.9 Å². The Morgan fingerprint density at radius 1 is 1.14 bits per heavy atom. The van der Waals surface area contributed by atoms with Crippen molar-refractivity contribution < 1.29 is 9.53 Å². The molecule has 3 nitrogen and oxygen atoms in total. The Kier molecular flexibility index (Phi) is 6.58. The summed E-state index contributed by atoms with van der Waals surface area (Å²) in [6, 6.07) is 17.5. The molecule has 4 heteroatoms. The third-order valence-corrected chi connectivity index (χ3v) is 3.25. The Bertz CT molecular complexity index is 626. The van der Waals surface area contributed by atoms with Gasteiger partial charge in [-0.3, -0.25) is 0 Å². The van der Waals surface area contributed by atoms with E-state index in [4.69, 9.17) is 4.74 Å². The molecule has 0 aromatic heterocycles. The van der Waals surface area contributed by atoms with Crippen LogP contribution in [0.25, 0.3) is 6.08 Å². The zero-order valence-electron chi connectivity index (χ0n) is 12.2. The first-order valence-corrected chi connectivity index (χ1v) is 7.59. The molecule has 0 bridgehead atoms. The minimum absolute atomic E-state index is 0.289. The topological polar surface area (TPSA) is 38.3 Å². The second-order valence-corrected chi connectivity index (χ2v) is 5.29. The van der Waals surface area contributed by atoms with Crippen molar-refractivity contribution in [3.8, 4) is 0 Å².